The number of carbonyl (C=O) groups excluding carboxylic acids is 1. The molecule has 2 aromatic rings. The number of rotatable bonds is 6. The first kappa shape index (κ1) is 17.5. The van der Waals surface area contributed by atoms with Gasteiger partial charge in [0.15, 0.2) is 5.82 Å². The summed E-state index contributed by atoms with van der Waals surface area (Å²) < 4.78 is 5.00. The van der Waals surface area contributed by atoms with Crippen LogP contribution in [0.1, 0.15) is 30.6 Å². The van der Waals surface area contributed by atoms with Gasteiger partial charge in [0.2, 0.25) is 5.91 Å². The second-order valence-electron chi connectivity index (χ2n) is 6.36. The first-order valence-corrected chi connectivity index (χ1v) is 8.62. The SMILES string of the molecule is Cc1cc(NC(=O)CN(Cc2cncnc2)C2CCCNCC2)no1. The van der Waals surface area contributed by atoms with E-state index < -0.39 is 0 Å². The Kier molecular flexibility index (Phi) is 6.08. The van der Waals surface area contributed by atoms with Crippen LogP contribution in [0.5, 0.6) is 0 Å². The van der Waals surface area contributed by atoms with E-state index in [4.69, 9.17) is 4.52 Å². The van der Waals surface area contributed by atoms with Crippen LogP contribution in [0.2, 0.25) is 0 Å². The van der Waals surface area contributed by atoms with Crippen LogP contribution in [-0.4, -0.2) is 51.6 Å². The standard InChI is InChI=1S/C17H24N6O2/c1-13-7-16(22-25-13)21-17(24)11-23(10-14-8-19-12-20-9-14)15-3-2-5-18-6-4-15/h7-9,12,15,18H,2-6,10-11H2,1H3,(H,21,22,24). The predicted octanol–water partition coefficient (Wildman–Crippen LogP) is 1.36. The number of nitrogens with zero attached hydrogens (tertiary/aromatic N) is 4. The Morgan fingerprint density at radius 3 is 2.96 bits per heavy atom. The van der Waals surface area contributed by atoms with Crippen molar-refractivity contribution in [1.29, 1.82) is 0 Å². The molecule has 25 heavy (non-hydrogen) atoms. The lowest BCUT2D eigenvalue weighted by Crippen LogP contribution is -2.41. The van der Waals surface area contributed by atoms with E-state index in [2.05, 4.69) is 30.7 Å². The summed E-state index contributed by atoms with van der Waals surface area (Å²) in [4.78, 5) is 22.8. The molecule has 134 valence electrons. The van der Waals surface area contributed by atoms with Crippen molar-refractivity contribution in [2.45, 2.75) is 38.8 Å². The first-order valence-electron chi connectivity index (χ1n) is 8.62. The average Bonchev–Trinajstić information content (AvgIpc) is 2.86. The second kappa shape index (κ2) is 8.68. The normalized spacial score (nSPS) is 18.1. The van der Waals surface area contributed by atoms with Crippen molar-refractivity contribution < 1.29 is 9.32 Å². The molecule has 0 bridgehead atoms. The zero-order valence-corrected chi connectivity index (χ0v) is 14.4. The van der Waals surface area contributed by atoms with Crippen molar-refractivity contribution in [2.24, 2.45) is 0 Å². The third-order valence-electron chi connectivity index (χ3n) is 4.30. The Balaban J connectivity index is 1.67. The van der Waals surface area contributed by atoms with Gasteiger partial charge in [-0.1, -0.05) is 5.16 Å². The molecule has 0 saturated carbocycles. The van der Waals surface area contributed by atoms with E-state index in [1.165, 1.54) is 6.33 Å². The molecule has 1 aliphatic rings. The molecule has 3 heterocycles. The third-order valence-corrected chi connectivity index (χ3v) is 4.30. The largest absolute Gasteiger partial charge is 0.360 e. The van der Waals surface area contributed by atoms with Crippen molar-refractivity contribution in [3.8, 4) is 0 Å². The quantitative estimate of drug-likeness (QED) is 0.816. The number of aromatic nitrogens is 3. The average molecular weight is 344 g/mol. The van der Waals surface area contributed by atoms with Crippen molar-refractivity contribution in [2.75, 3.05) is 25.0 Å². The summed E-state index contributed by atoms with van der Waals surface area (Å²) in [6.07, 6.45) is 8.31. The van der Waals surface area contributed by atoms with Gasteiger partial charge < -0.3 is 15.2 Å². The molecule has 1 amide bonds. The molecule has 3 rings (SSSR count). The fourth-order valence-electron chi connectivity index (χ4n) is 3.12. The Hall–Kier alpha value is -2.32. The topological polar surface area (TPSA) is 96.2 Å². The van der Waals surface area contributed by atoms with Gasteiger partial charge in [-0.25, -0.2) is 9.97 Å². The van der Waals surface area contributed by atoms with Crippen LogP contribution in [0.4, 0.5) is 5.82 Å². The van der Waals surface area contributed by atoms with Gasteiger partial charge in [0, 0.05) is 36.6 Å². The van der Waals surface area contributed by atoms with Gasteiger partial charge in [-0.05, 0) is 39.3 Å². The van der Waals surface area contributed by atoms with Gasteiger partial charge >= 0.3 is 0 Å². The zero-order chi connectivity index (χ0) is 17.5. The third kappa shape index (κ3) is 5.33. The van der Waals surface area contributed by atoms with E-state index in [0.29, 0.717) is 30.7 Å². The summed E-state index contributed by atoms with van der Waals surface area (Å²) in [6.45, 7) is 4.74. The molecule has 8 nitrogen and oxygen atoms in total. The zero-order valence-electron chi connectivity index (χ0n) is 14.4. The minimum Gasteiger partial charge on any atom is -0.360 e. The maximum atomic E-state index is 12.5. The van der Waals surface area contributed by atoms with E-state index in [1.807, 2.05) is 0 Å². The van der Waals surface area contributed by atoms with Crippen molar-refractivity contribution in [1.82, 2.24) is 25.3 Å². The number of amides is 1. The summed E-state index contributed by atoms with van der Waals surface area (Å²) in [5, 5.41) is 10.0. The number of nitrogens with one attached hydrogen (secondary N) is 2. The Bertz CT molecular complexity index is 667. The van der Waals surface area contributed by atoms with Crippen molar-refractivity contribution >= 4 is 11.7 Å². The number of aryl methyl sites for hydroxylation is 1. The van der Waals surface area contributed by atoms with Gasteiger partial charge in [0.25, 0.3) is 0 Å². The summed E-state index contributed by atoms with van der Waals surface area (Å²) in [7, 11) is 0. The van der Waals surface area contributed by atoms with Gasteiger partial charge in [-0.2, -0.15) is 0 Å². The number of hydrogen-bond donors (Lipinski definition) is 2. The van der Waals surface area contributed by atoms with E-state index in [9.17, 15) is 4.79 Å². The van der Waals surface area contributed by atoms with Gasteiger partial charge in [0.05, 0.1) is 6.54 Å². The molecule has 1 aliphatic heterocycles. The fourth-order valence-corrected chi connectivity index (χ4v) is 3.12. The van der Waals surface area contributed by atoms with Crippen LogP contribution >= 0.6 is 0 Å². The molecule has 0 radical (unpaired) electrons. The van der Waals surface area contributed by atoms with Gasteiger partial charge in [-0.3, -0.25) is 9.69 Å². The minimum atomic E-state index is -0.0950. The summed E-state index contributed by atoms with van der Waals surface area (Å²) >= 11 is 0. The minimum absolute atomic E-state index is 0.0950. The van der Waals surface area contributed by atoms with E-state index in [0.717, 1.165) is 37.9 Å². The molecule has 0 aromatic carbocycles. The molecule has 8 heteroatoms. The Labute approximate surface area is 147 Å². The van der Waals surface area contributed by atoms with Crippen LogP contribution in [-0.2, 0) is 11.3 Å². The highest BCUT2D eigenvalue weighted by atomic mass is 16.5. The summed E-state index contributed by atoms with van der Waals surface area (Å²) in [5.41, 5.74) is 1.00. The monoisotopic (exact) mass is 344 g/mol. The van der Waals surface area contributed by atoms with Crippen LogP contribution < -0.4 is 10.6 Å². The van der Waals surface area contributed by atoms with E-state index in [1.54, 1.807) is 25.4 Å². The highest BCUT2D eigenvalue weighted by Gasteiger charge is 2.23. The molecule has 1 saturated heterocycles. The highest BCUT2D eigenvalue weighted by Crippen LogP contribution is 2.17. The molecular weight excluding hydrogens is 320 g/mol. The lowest BCUT2D eigenvalue weighted by atomic mass is 10.1. The lowest BCUT2D eigenvalue weighted by molar-refractivity contribution is -0.118. The number of carbonyl (C=O) groups is 1. The van der Waals surface area contributed by atoms with E-state index in [-0.39, 0.29) is 5.91 Å². The maximum Gasteiger partial charge on any atom is 0.239 e. The van der Waals surface area contributed by atoms with Crippen molar-refractivity contribution in [3.63, 3.8) is 0 Å². The first-order chi connectivity index (χ1) is 12.2. The van der Waals surface area contributed by atoms with Gasteiger partial charge in [-0.15, -0.1) is 0 Å². The number of anilines is 1. The van der Waals surface area contributed by atoms with E-state index >= 15 is 0 Å². The van der Waals surface area contributed by atoms with Crippen LogP contribution in [0.3, 0.4) is 0 Å². The smallest absolute Gasteiger partial charge is 0.239 e. The number of hydrogen-bond acceptors (Lipinski definition) is 7. The van der Waals surface area contributed by atoms with Crippen LogP contribution in [0.15, 0.2) is 29.3 Å². The summed E-state index contributed by atoms with van der Waals surface area (Å²) in [5.74, 6) is 1.03. The van der Waals surface area contributed by atoms with Crippen LogP contribution in [0, 0.1) is 6.92 Å². The Morgan fingerprint density at radius 1 is 1.36 bits per heavy atom. The Morgan fingerprint density at radius 2 is 2.20 bits per heavy atom. The van der Waals surface area contributed by atoms with Crippen LogP contribution in [0.25, 0.3) is 0 Å². The maximum absolute atomic E-state index is 12.5. The summed E-state index contributed by atoms with van der Waals surface area (Å²) in [6, 6.07) is 2.06. The molecule has 1 unspecified atom stereocenters. The molecule has 1 atom stereocenters. The van der Waals surface area contributed by atoms with Crippen molar-refractivity contribution in [3.05, 3.63) is 36.1 Å². The molecule has 2 aromatic heterocycles. The molecule has 0 spiro atoms. The molecular formula is C17H24N6O2. The second-order valence-corrected chi connectivity index (χ2v) is 6.36. The molecule has 1 fully saturated rings. The molecule has 2 N–H and O–H groups in total. The molecule has 0 aliphatic carbocycles. The fraction of sp³-hybridized carbons (Fsp3) is 0.529. The van der Waals surface area contributed by atoms with Gasteiger partial charge in [0.1, 0.15) is 12.1 Å². The highest BCUT2D eigenvalue weighted by molar-refractivity contribution is 5.91. The lowest BCUT2D eigenvalue weighted by Gasteiger charge is -2.30. The predicted molar refractivity (Wildman–Crippen MR) is 92.8 cm³/mol.